The summed E-state index contributed by atoms with van der Waals surface area (Å²) in [5.74, 6) is 4.96. The van der Waals surface area contributed by atoms with Crippen LogP contribution in [0.4, 0.5) is 0 Å². The molecule has 0 amide bonds. The summed E-state index contributed by atoms with van der Waals surface area (Å²) >= 11 is 0. The molecule has 0 bridgehead atoms. The second-order valence-corrected chi connectivity index (χ2v) is 13.3. The van der Waals surface area contributed by atoms with Gasteiger partial charge >= 0.3 is 0 Å². The summed E-state index contributed by atoms with van der Waals surface area (Å²) in [5.41, 5.74) is 7.60. The van der Waals surface area contributed by atoms with Gasteiger partial charge < -0.3 is 0 Å². The summed E-state index contributed by atoms with van der Waals surface area (Å²) in [6.45, 7) is 26.0. The largest absolute Gasteiger partial charge is 0.0996 e. The monoisotopic (exact) mass is 472 g/mol. The molecule has 2 saturated carbocycles. The third-order valence-corrected chi connectivity index (χ3v) is 10.8. The summed E-state index contributed by atoms with van der Waals surface area (Å²) in [6.07, 6.45) is 13.3. The second-order valence-electron chi connectivity index (χ2n) is 13.3. The molecule has 0 spiro atoms. The molecule has 3 aliphatic carbocycles. The molecule has 1 aromatic rings. The molecule has 1 aromatic carbocycles. The molecule has 0 heteroatoms. The van der Waals surface area contributed by atoms with Crippen molar-refractivity contribution in [2.24, 2.45) is 46.8 Å². The number of hydrogen-bond donors (Lipinski definition) is 0. The van der Waals surface area contributed by atoms with Gasteiger partial charge in [-0.3, -0.25) is 0 Å². The van der Waals surface area contributed by atoms with Gasteiger partial charge in [0.1, 0.15) is 0 Å². The first-order valence-corrected chi connectivity index (χ1v) is 14.7. The van der Waals surface area contributed by atoms with E-state index < -0.39 is 0 Å². The van der Waals surface area contributed by atoms with E-state index in [1.165, 1.54) is 80.9 Å². The Hall–Kier alpha value is -1.56. The summed E-state index contributed by atoms with van der Waals surface area (Å²) < 4.78 is 0. The fourth-order valence-corrected chi connectivity index (χ4v) is 8.38. The maximum absolute atomic E-state index is 4.79. The normalized spacial score (nSPS) is 26.5. The smallest absolute Gasteiger partial charge is 0.0128 e. The summed E-state index contributed by atoms with van der Waals surface area (Å²) in [4.78, 5) is 0. The Bertz CT molecular complexity index is 898. The summed E-state index contributed by atoms with van der Waals surface area (Å²) in [7, 11) is 0. The van der Waals surface area contributed by atoms with E-state index in [0.29, 0.717) is 29.1 Å². The highest BCUT2D eigenvalue weighted by atomic mass is 14.6. The Balaban J connectivity index is 1.56. The zero-order chi connectivity index (χ0) is 25.3. The molecule has 2 fully saturated rings. The van der Waals surface area contributed by atoms with Gasteiger partial charge in [-0.15, -0.1) is 0 Å². The zero-order valence-electron chi connectivity index (χ0n) is 23.5. The highest BCUT2D eigenvalue weighted by molar-refractivity contribution is 5.33. The lowest BCUT2D eigenvalue weighted by Crippen LogP contribution is -2.27. The number of rotatable bonds is 11. The van der Waals surface area contributed by atoms with Crippen LogP contribution in [0, 0.1) is 46.8 Å². The van der Waals surface area contributed by atoms with E-state index in [0.717, 1.165) is 17.8 Å². The van der Waals surface area contributed by atoms with Crippen molar-refractivity contribution < 1.29 is 0 Å². The number of benzene rings is 1. The van der Waals surface area contributed by atoms with Crippen LogP contribution in [0.1, 0.15) is 97.1 Å². The maximum atomic E-state index is 4.79. The molecular formula is C35H52. The van der Waals surface area contributed by atoms with Crippen LogP contribution in [0.2, 0.25) is 0 Å². The third kappa shape index (κ3) is 5.57. The van der Waals surface area contributed by atoms with Crippen molar-refractivity contribution in [3.63, 3.8) is 0 Å². The molecule has 5 atom stereocenters. The number of fused-ring (bicyclic) bond motifs is 1. The lowest BCUT2D eigenvalue weighted by atomic mass is 9.68. The average molecular weight is 473 g/mol. The molecule has 0 radical (unpaired) electrons. The lowest BCUT2D eigenvalue weighted by molar-refractivity contribution is 0.217. The van der Waals surface area contributed by atoms with Crippen LogP contribution in [0.15, 0.2) is 60.7 Å². The highest BCUT2D eigenvalue weighted by Crippen LogP contribution is 2.66. The van der Waals surface area contributed by atoms with E-state index in [1.807, 2.05) is 0 Å². The van der Waals surface area contributed by atoms with Crippen LogP contribution in [-0.2, 0) is 12.8 Å². The van der Waals surface area contributed by atoms with E-state index in [9.17, 15) is 0 Å². The SMILES string of the molecule is C=C(C)C(=C)C(CC1CCCCC1)C(CC(=C)C(C)C1Cc2ccccc2C1)C1C(CC)C1(C)C. The predicted molar refractivity (Wildman–Crippen MR) is 153 cm³/mol. The average Bonchev–Trinajstić information content (AvgIpc) is 3.16. The Kier molecular flexibility index (Phi) is 8.19. The van der Waals surface area contributed by atoms with Gasteiger partial charge in [0.05, 0.1) is 0 Å². The fourth-order valence-electron chi connectivity index (χ4n) is 8.38. The molecule has 0 N–H and O–H groups in total. The van der Waals surface area contributed by atoms with Gasteiger partial charge in [-0.2, -0.15) is 0 Å². The lowest BCUT2D eigenvalue weighted by Gasteiger charge is -2.36. The molecule has 0 nitrogen and oxygen atoms in total. The third-order valence-electron chi connectivity index (χ3n) is 10.8. The molecule has 0 aliphatic heterocycles. The predicted octanol–water partition coefficient (Wildman–Crippen LogP) is 10.0. The van der Waals surface area contributed by atoms with Crippen molar-refractivity contribution in [1.82, 2.24) is 0 Å². The molecule has 0 saturated heterocycles. The summed E-state index contributed by atoms with van der Waals surface area (Å²) in [6, 6.07) is 9.08. The van der Waals surface area contributed by atoms with Crippen LogP contribution in [0.5, 0.6) is 0 Å². The van der Waals surface area contributed by atoms with Crippen LogP contribution in [0.25, 0.3) is 0 Å². The minimum Gasteiger partial charge on any atom is -0.0996 e. The van der Waals surface area contributed by atoms with Crippen molar-refractivity contribution >= 4 is 0 Å². The molecule has 192 valence electrons. The zero-order valence-corrected chi connectivity index (χ0v) is 23.5. The molecule has 4 rings (SSSR count). The molecular weight excluding hydrogens is 420 g/mol. The minimum atomic E-state index is 0.437. The Morgan fingerprint density at radius 2 is 1.60 bits per heavy atom. The van der Waals surface area contributed by atoms with E-state index in [2.05, 4.69) is 72.0 Å². The van der Waals surface area contributed by atoms with E-state index in [-0.39, 0.29) is 0 Å². The molecule has 0 heterocycles. The minimum absolute atomic E-state index is 0.437. The standard InChI is InChI=1S/C35H52/c1-9-33-34(35(33,7)8)32(31(25(5)23(2)3)20-27-15-11-10-12-16-27)19-24(4)26(6)30-21-28-17-13-14-18-29(28)22-30/h13-14,17-18,26-27,30-34H,2,4-5,9-12,15-16,19-22H2,1,3,6-8H3. The van der Waals surface area contributed by atoms with Crippen molar-refractivity contribution in [2.75, 3.05) is 0 Å². The Morgan fingerprint density at radius 3 is 2.11 bits per heavy atom. The van der Waals surface area contributed by atoms with Gasteiger partial charge in [0.25, 0.3) is 0 Å². The first-order valence-electron chi connectivity index (χ1n) is 14.7. The van der Waals surface area contributed by atoms with Gasteiger partial charge in [-0.1, -0.05) is 121 Å². The van der Waals surface area contributed by atoms with E-state index in [1.54, 1.807) is 11.1 Å². The van der Waals surface area contributed by atoms with Crippen LogP contribution in [-0.4, -0.2) is 0 Å². The summed E-state index contributed by atoms with van der Waals surface area (Å²) in [5, 5.41) is 0. The molecule has 5 unspecified atom stereocenters. The number of hydrogen-bond acceptors (Lipinski definition) is 0. The van der Waals surface area contributed by atoms with Crippen molar-refractivity contribution in [2.45, 2.75) is 98.8 Å². The van der Waals surface area contributed by atoms with Crippen molar-refractivity contribution in [1.29, 1.82) is 0 Å². The fraction of sp³-hybridized carbons (Fsp3) is 0.657. The first kappa shape index (κ1) is 26.5. The van der Waals surface area contributed by atoms with Crippen LogP contribution in [0.3, 0.4) is 0 Å². The van der Waals surface area contributed by atoms with Gasteiger partial charge in [0.2, 0.25) is 0 Å². The van der Waals surface area contributed by atoms with E-state index >= 15 is 0 Å². The first-order chi connectivity index (χ1) is 16.6. The highest BCUT2D eigenvalue weighted by Gasteiger charge is 2.60. The molecule has 0 aromatic heterocycles. The second kappa shape index (κ2) is 10.8. The van der Waals surface area contributed by atoms with Crippen LogP contribution < -0.4 is 0 Å². The maximum Gasteiger partial charge on any atom is -0.0128 e. The number of allylic oxidation sites excluding steroid dienone is 3. The van der Waals surface area contributed by atoms with Crippen LogP contribution >= 0.6 is 0 Å². The van der Waals surface area contributed by atoms with Crippen molar-refractivity contribution in [3.05, 3.63) is 71.8 Å². The van der Waals surface area contributed by atoms with Gasteiger partial charge in [-0.05, 0) is 96.1 Å². The van der Waals surface area contributed by atoms with Gasteiger partial charge in [0, 0.05) is 0 Å². The quantitative estimate of drug-likeness (QED) is 0.222. The molecule has 35 heavy (non-hydrogen) atoms. The van der Waals surface area contributed by atoms with E-state index in [4.69, 9.17) is 6.58 Å². The molecule has 3 aliphatic rings. The Labute approximate surface area is 217 Å². The van der Waals surface area contributed by atoms with Gasteiger partial charge in [-0.25, -0.2) is 0 Å². The van der Waals surface area contributed by atoms with Crippen molar-refractivity contribution in [3.8, 4) is 0 Å². The topological polar surface area (TPSA) is 0 Å². The van der Waals surface area contributed by atoms with Gasteiger partial charge in [0.15, 0.2) is 0 Å². The Morgan fingerprint density at radius 1 is 1.00 bits per heavy atom.